The zero-order valence-electron chi connectivity index (χ0n) is 11.8. The zero-order valence-corrected chi connectivity index (χ0v) is 12.6. The van der Waals surface area contributed by atoms with Crippen LogP contribution in [-0.2, 0) is 0 Å². The Hall–Kier alpha value is -2.47. The highest BCUT2D eigenvalue weighted by Gasteiger charge is 2.12. The van der Waals surface area contributed by atoms with Crippen LogP contribution in [0.4, 0.5) is 5.69 Å². The maximum atomic E-state index is 10.8. The van der Waals surface area contributed by atoms with Gasteiger partial charge in [0.25, 0.3) is 5.69 Å². The molecule has 0 amide bonds. The van der Waals surface area contributed by atoms with Crippen LogP contribution in [0.3, 0.4) is 0 Å². The third-order valence-corrected chi connectivity index (χ3v) is 3.00. The van der Waals surface area contributed by atoms with Gasteiger partial charge >= 0.3 is 0 Å². The van der Waals surface area contributed by atoms with Crippen LogP contribution >= 0.6 is 11.6 Å². The minimum Gasteiger partial charge on any atom is -0.493 e. The van der Waals surface area contributed by atoms with Crippen molar-refractivity contribution in [2.75, 3.05) is 20.3 Å². The first kappa shape index (κ1) is 15.9. The van der Waals surface area contributed by atoms with Crippen LogP contribution in [-0.4, -0.2) is 25.2 Å². The van der Waals surface area contributed by atoms with Gasteiger partial charge in [0.1, 0.15) is 19.0 Å². The van der Waals surface area contributed by atoms with Crippen molar-refractivity contribution in [3.63, 3.8) is 0 Å². The van der Waals surface area contributed by atoms with E-state index >= 15 is 0 Å². The van der Waals surface area contributed by atoms with E-state index in [2.05, 4.69) is 0 Å². The van der Waals surface area contributed by atoms with E-state index in [-0.39, 0.29) is 18.9 Å². The van der Waals surface area contributed by atoms with Gasteiger partial charge in [0.15, 0.2) is 11.5 Å². The SMILES string of the molecule is COc1ccc([N+](=O)[O-])cc1OCCOc1cccc(Cl)c1. The molecule has 0 aromatic heterocycles. The number of methoxy groups -OCH3 is 1. The fourth-order valence-corrected chi connectivity index (χ4v) is 1.94. The molecule has 0 aliphatic heterocycles. The number of hydrogen-bond acceptors (Lipinski definition) is 5. The molecule has 0 aliphatic carbocycles. The molecule has 0 fully saturated rings. The molecule has 0 saturated heterocycles. The van der Waals surface area contributed by atoms with Crippen LogP contribution < -0.4 is 14.2 Å². The zero-order chi connectivity index (χ0) is 15.9. The molecular formula is C15H14ClNO5. The number of ether oxygens (including phenoxy) is 3. The van der Waals surface area contributed by atoms with Gasteiger partial charge in [-0.25, -0.2) is 0 Å². The molecule has 2 rings (SSSR count). The van der Waals surface area contributed by atoms with E-state index in [1.165, 1.54) is 25.3 Å². The predicted octanol–water partition coefficient (Wildman–Crippen LogP) is 3.71. The molecule has 0 aliphatic rings. The molecule has 0 heterocycles. The monoisotopic (exact) mass is 323 g/mol. The first-order valence-corrected chi connectivity index (χ1v) is 6.81. The Bertz CT molecular complexity index is 662. The van der Waals surface area contributed by atoms with Crippen LogP contribution in [0.2, 0.25) is 5.02 Å². The van der Waals surface area contributed by atoms with Crippen molar-refractivity contribution in [1.82, 2.24) is 0 Å². The topological polar surface area (TPSA) is 70.8 Å². The minimum absolute atomic E-state index is 0.0634. The summed E-state index contributed by atoms with van der Waals surface area (Å²) >= 11 is 5.85. The summed E-state index contributed by atoms with van der Waals surface area (Å²) < 4.78 is 16.1. The minimum atomic E-state index is -0.491. The number of non-ortho nitro benzene ring substituents is 1. The molecule has 22 heavy (non-hydrogen) atoms. The Balaban J connectivity index is 1.93. The van der Waals surface area contributed by atoms with E-state index in [9.17, 15) is 10.1 Å². The third kappa shape index (κ3) is 4.26. The summed E-state index contributed by atoms with van der Waals surface area (Å²) in [5.41, 5.74) is -0.0634. The molecule has 0 N–H and O–H groups in total. The summed E-state index contributed by atoms with van der Waals surface area (Å²) in [5, 5.41) is 11.4. The molecule has 0 radical (unpaired) electrons. The van der Waals surface area contributed by atoms with Crippen LogP contribution in [0.15, 0.2) is 42.5 Å². The standard InChI is InChI=1S/C15H14ClNO5/c1-20-14-6-5-12(17(18)19)10-15(14)22-8-7-21-13-4-2-3-11(16)9-13/h2-6,9-10H,7-8H2,1H3. The van der Waals surface area contributed by atoms with E-state index in [0.717, 1.165) is 0 Å². The second-order valence-electron chi connectivity index (χ2n) is 4.25. The maximum Gasteiger partial charge on any atom is 0.273 e. The summed E-state index contributed by atoms with van der Waals surface area (Å²) in [6.07, 6.45) is 0. The average Bonchev–Trinajstić information content (AvgIpc) is 2.51. The number of nitro groups is 1. The number of rotatable bonds is 7. The summed E-state index contributed by atoms with van der Waals surface area (Å²) in [6.45, 7) is 0.482. The fourth-order valence-electron chi connectivity index (χ4n) is 1.76. The molecule has 0 saturated carbocycles. The second-order valence-corrected chi connectivity index (χ2v) is 4.68. The molecule has 116 valence electrons. The van der Waals surface area contributed by atoms with Crippen molar-refractivity contribution >= 4 is 17.3 Å². The molecule has 0 spiro atoms. The third-order valence-electron chi connectivity index (χ3n) is 2.76. The number of hydrogen-bond donors (Lipinski definition) is 0. The second kappa shape index (κ2) is 7.51. The molecule has 0 unspecified atom stereocenters. The highest BCUT2D eigenvalue weighted by Crippen LogP contribution is 2.31. The first-order valence-electron chi connectivity index (χ1n) is 6.44. The van der Waals surface area contributed by atoms with Gasteiger partial charge in [-0.1, -0.05) is 17.7 Å². The van der Waals surface area contributed by atoms with Gasteiger partial charge in [0.05, 0.1) is 18.1 Å². The smallest absolute Gasteiger partial charge is 0.273 e. The summed E-state index contributed by atoms with van der Waals surface area (Å²) in [6, 6.07) is 11.2. The molecule has 6 nitrogen and oxygen atoms in total. The normalized spacial score (nSPS) is 10.1. The van der Waals surface area contributed by atoms with Gasteiger partial charge in [-0.05, 0) is 24.3 Å². The summed E-state index contributed by atoms with van der Waals surface area (Å²) in [5.74, 6) is 1.35. The lowest BCUT2D eigenvalue weighted by Crippen LogP contribution is -2.09. The Morgan fingerprint density at radius 2 is 1.86 bits per heavy atom. The van der Waals surface area contributed by atoms with Crippen molar-refractivity contribution < 1.29 is 19.1 Å². The van der Waals surface area contributed by atoms with Crippen molar-refractivity contribution in [2.24, 2.45) is 0 Å². The average molecular weight is 324 g/mol. The molecule has 0 bridgehead atoms. The lowest BCUT2D eigenvalue weighted by Gasteiger charge is -2.11. The van der Waals surface area contributed by atoms with Crippen LogP contribution in [0.25, 0.3) is 0 Å². The highest BCUT2D eigenvalue weighted by molar-refractivity contribution is 6.30. The molecular weight excluding hydrogens is 310 g/mol. The number of nitrogens with zero attached hydrogens (tertiary/aromatic N) is 1. The van der Waals surface area contributed by atoms with E-state index < -0.39 is 4.92 Å². The Morgan fingerprint density at radius 1 is 1.09 bits per heavy atom. The lowest BCUT2D eigenvalue weighted by molar-refractivity contribution is -0.385. The number of halogens is 1. The van der Waals surface area contributed by atoms with Crippen LogP contribution in [0, 0.1) is 10.1 Å². The van der Waals surface area contributed by atoms with E-state index in [0.29, 0.717) is 22.3 Å². The first-order chi connectivity index (χ1) is 10.6. The van der Waals surface area contributed by atoms with Gasteiger partial charge in [-0.3, -0.25) is 10.1 Å². The highest BCUT2D eigenvalue weighted by atomic mass is 35.5. The fraction of sp³-hybridized carbons (Fsp3) is 0.200. The quantitative estimate of drug-likeness (QED) is 0.441. The van der Waals surface area contributed by atoms with Gasteiger partial charge in [0.2, 0.25) is 0 Å². The lowest BCUT2D eigenvalue weighted by atomic mass is 10.3. The Morgan fingerprint density at radius 3 is 2.55 bits per heavy atom. The Kier molecular flexibility index (Phi) is 5.43. The summed E-state index contributed by atoms with van der Waals surface area (Å²) in [4.78, 5) is 10.3. The van der Waals surface area contributed by atoms with Crippen molar-refractivity contribution in [2.45, 2.75) is 0 Å². The maximum absolute atomic E-state index is 10.8. The van der Waals surface area contributed by atoms with Crippen molar-refractivity contribution in [1.29, 1.82) is 0 Å². The molecule has 2 aromatic rings. The van der Waals surface area contributed by atoms with Gasteiger partial charge in [-0.15, -0.1) is 0 Å². The number of nitro benzene ring substituents is 1. The van der Waals surface area contributed by atoms with Gasteiger partial charge in [0, 0.05) is 11.1 Å². The van der Waals surface area contributed by atoms with Crippen molar-refractivity contribution in [3.05, 3.63) is 57.6 Å². The molecule has 7 heteroatoms. The van der Waals surface area contributed by atoms with Crippen molar-refractivity contribution in [3.8, 4) is 17.2 Å². The van der Waals surface area contributed by atoms with Crippen LogP contribution in [0.5, 0.6) is 17.2 Å². The molecule has 0 atom stereocenters. The predicted molar refractivity (Wildman–Crippen MR) is 82.1 cm³/mol. The van der Waals surface area contributed by atoms with E-state index in [4.69, 9.17) is 25.8 Å². The Labute approximate surface area is 132 Å². The van der Waals surface area contributed by atoms with Crippen LogP contribution in [0.1, 0.15) is 0 Å². The van der Waals surface area contributed by atoms with E-state index in [1.807, 2.05) is 0 Å². The van der Waals surface area contributed by atoms with Gasteiger partial charge < -0.3 is 14.2 Å². The molecule has 2 aromatic carbocycles. The largest absolute Gasteiger partial charge is 0.493 e. The number of benzene rings is 2. The van der Waals surface area contributed by atoms with Gasteiger partial charge in [-0.2, -0.15) is 0 Å². The van der Waals surface area contributed by atoms with E-state index in [1.54, 1.807) is 24.3 Å². The summed E-state index contributed by atoms with van der Waals surface area (Å²) in [7, 11) is 1.47.